The topological polar surface area (TPSA) is 39.7 Å². The largest absolute Gasteiger partial charge is 0.357 e. The lowest BCUT2D eigenvalue weighted by Gasteiger charge is -2.18. The van der Waals surface area contributed by atoms with Crippen molar-refractivity contribution in [1.82, 2.24) is 15.5 Å². The Labute approximate surface area is 122 Å². The van der Waals surface area contributed by atoms with E-state index >= 15 is 0 Å². The molecular formula is C12H25IN4. The fraction of sp³-hybridized carbons (Fsp3) is 0.917. The molecule has 1 atom stereocenters. The maximum Gasteiger partial charge on any atom is 0.191 e. The molecule has 1 aliphatic heterocycles. The minimum Gasteiger partial charge on any atom is -0.357 e. The molecule has 1 heterocycles. The first-order valence-corrected chi connectivity index (χ1v) is 6.54. The van der Waals surface area contributed by atoms with Crippen molar-refractivity contribution < 1.29 is 0 Å². The molecule has 0 aromatic heterocycles. The van der Waals surface area contributed by atoms with E-state index in [0.29, 0.717) is 12.1 Å². The molecule has 5 heteroatoms. The number of likely N-dealkylation sites (tertiary alicyclic amines) is 1. The van der Waals surface area contributed by atoms with Crippen LogP contribution in [0.2, 0.25) is 0 Å². The zero-order valence-electron chi connectivity index (χ0n) is 10.9. The maximum atomic E-state index is 4.68. The molecule has 2 N–H and O–H groups in total. The van der Waals surface area contributed by atoms with E-state index in [2.05, 4.69) is 34.5 Å². The van der Waals surface area contributed by atoms with Crippen molar-refractivity contribution in [3.8, 4) is 0 Å². The first-order chi connectivity index (χ1) is 7.79. The van der Waals surface area contributed by atoms with Gasteiger partial charge in [0, 0.05) is 18.6 Å². The van der Waals surface area contributed by atoms with Crippen LogP contribution in [0.1, 0.15) is 32.6 Å². The summed E-state index contributed by atoms with van der Waals surface area (Å²) in [6.45, 7) is 5.22. The molecule has 1 saturated carbocycles. The third-order valence-corrected chi connectivity index (χ3v) is 3.39. The van der Waals surface area contributed by atoms with Crippen LogP contribution in [-0.2, 0) is 0 Å². The normalized spacial score (nSPS) is 25.5. The van der Waals surface area contributed by atoms with Crippen molar-refractivity contribution in [2.24, 2.45) is 4.99 Å². The van der Waals surface area contributed by atoms with Gasteiger partial charge in [0.1, 0.15) is 0 Å². The van der Waals surface area contributed by atoms with E-state index in [4.69, 9.17) is 0 Å². The Hall–Kier alpha value is -0.0400. The molecular weight excluding hydrogens is 327 g/mol. The maximum absolute atomic E-state index is 4.68. The molecule has 100 valence electrons. The number of nitrogens with one attached hydrogen (secondary N) is 2. The van der Waals surface area contributed by atoms with Crippen molar-refractivity contribution in [1.29, 1.82) is 0 Å². The summed E-state index contributed by atoms with van der Waals surface area (Å²) < 4.78 is 0. The van der Waals surface area contributed by atoms with Crippen LogP contribution < -0.4 is 10.6 Å². The molecule has 4 nitrogen and oxygen atoms in total. The Balaban J connectivity index is 0.00000144. The van der Waals surface area contributed by atoms with Crippen molar-refractivity contribution >= 4 is 29.9 Å². The quantitative estimate of drug-likeness (QED) is 0.457. The van der Waals surface area contributed by atoms with E-state index in [0.717, 1.165) is 19.0 Å². The lowest BCUT2D eigenvalue weighted by Crippen LogP contribution is -2.39. The number of nitrogens with zero attached hydrogens (tertiary/aromatic N) is 2. The van der Waals surface area contributed by atoms with E-state index in [1.54, 1.807) is 0 Å². The average Bonchev–Trinajstić information content (AvgIpc) is 2.98. The highest BCUT2D eigenvalue weighted by Gasteiger charge is 2.23. The van der Waals surface area contributed by atoms with Gasteiger partial charge in [-0.25, -0.2) is 0 Å². The van der Waals surface area contributed by atoms with Crippen LogP contribution in [0.25, 0.3) is 0 Å². The summed E-state index contributed by atoms with van der Waals surface area (Å²) in [7, 11) is 2.20. The van der Waals surface area contributed by atoms with Crippen LogP contribution in [0.4, 0.5) is 0 Å². The predicted octanol–water partition coefficient (Wildman–Crippen LogP) is 1.42. The smallest absolute Gasteiger partial charge is 0.191 e. The molecule has 1 unspecified atom stereocenters. The zero-order chi connectivity index (χ0) is 11.4. The fourth-order valence-corrected chi connectivity index (χ4v) is 2.15. The summed E-state index contributed by atoms with van der Waals surface area (Å²) in [5.41, 5.74) is 0. The summed E-state index contributed by atoms with van der Waals surface area (Å²) in [5, 5.41) is 6.76. The zero-order valence-corrected chi connectivity index (χ0v) is 13.2. The summed E-state index contributed by atoms with van der Waals surface area (Å²) in [4.78, 5) is 7.10. The van der Waals surface area contributed by atoms with Crippen LogP contribution in [-0.4, -0.2) is 49.6 Å². The highest BCUT2D eigenvalue weighted by Crippen LogP contribution is 2.18. The van der Waals surface area contributed by atoms with Gasteiger partial charge in [-0.05, 0) is 46.2 Å². The van der Waals surface area contributed by atoms with Crippen LogP contribution in [0.15, 0.2) is 4.99 Å². The molecule has 1 aliphatic carbocycles. The van der Waals surface area contributed by atoms with Gasteiger partial charge in [-0.1, -0.05) is 0 Å². The Morgan fingerprint density at radius 3 is 2.65 bits per heavy atom. The standard InChI is InChI=1S/C12H24N4.HI/c1-3-13-12(15-10-6-7-10)14-9-11-5-4-8-16(11)2;/h10-11H,3-9H2,1-2H3,(H2,13,14,15);1H. The van der Waals surface area contributed by atoms with E-state index in [1.165, 1.54) is 32.2 Å². The number of hydrogen-bond donors (Lipinski definition) is 2. The Morgan fingerprint density at radius 2 is 2.12 bits per heavy atom. The number of guanidine groups is 1. The number of hydrogen-bond acceptors (Lipinski definition) is 2. The van der Waals surface area contributed by atoms with E-state index in [9.17, 15) is 0 Å². The van der Waals surface area contributed by atoms with E-state index < -0.39 is 0 Å². The number of aliphatic imine (C=N–C) groups is 1. The lowest BCUT2D eigenvalue weighted by atomic mass is 10.2. The summed E-state index contributed by atoms with van der Waals surface area (Å²) in [5.74, 6) is 1.00. The molecule has 0 amide bonds. The van der Waals surface area contributed by atoms with Gasteiger partial charge in [0.25, 0.3) is 0 Å². The Bertz CT molecular complexity index is 253. The van der Waals surface area contributed by atoms with Crippen LogP contribution in [0.3, 0.4) is 0 Å². The van der Waals surface area contributed by atoms with Gasteiger partial charge in [-0.3, -0.25) is 4.99 Å². The number of likely N-dealkylation sites (N-methyl/N-ethyl adjacent to an activating group) is 1. The molecule has 17 heavy (non-hydrogen) atoms. The van der Waals surface area contributed by atoms with Gasteiger partial charge >= 0.3 is 0 Å². The van der Waals surface area contributed by atoms with Crippen LogP contribution in [0.5, 0.6) is 0 Å². The second-order valence-corrected chi connectivity index (χ2v) is 4.91. The van der Waals surface area contributed by atoms with Gasteiger partial charge in [0.2, 0.25) is 0 Å². The third-order valence-electron chi connectivity index (χ3n) is 3.39. The van der Waals surface area contributed by atoms with Gasteiger partial charge in [-0.15, -0.1) is 24.0 Å². The molecule has 2 rings (SSSR count). The molecule has 2 fully saturated rings. The van der Waals surface area contributed by atoms with Crippen molar-refractivity contribution in [2.45, 2.75) is 44.7 Å². The number of rotatable bonds is 4. The highest BCUT2D eigenvalue weighted by atomic mass is 127. The van der Waals surface area contributed by atoms with Gasteiger partial charge in [-0.2, -0.15) is 0 Å². The second kappa shape index (κ2) is 7.41. The molecule has 0 spiro atoms. The SMILES string of the molecule is CCNC(=NCC1CCCN1C)NC1CC1.I. The van der Waals surface area contributed by atoms with Crippen LogP contribution >= 0.6 is 24.0 Å². The molecule has 2 aliphatic rings. The first kappa shape index (κ1) is 15.0. The molecule has 1 saturated heterocycles. The molecule has 0 aromatic rings. The van der Waals surface area contributed by atoms with E-state index in [-0.39, 0.29) is 24.0 Å². The van der Waals surface area contributed by atoms with Crippen molar-refractivity contribution in [3.63, 3.8) is 0 Å². The molecule has 0 radical (unpaired) electrons. The monoisotopic (exact) mass is 352 g/mol. The fourth-order valence-electron chi connectivity index (χ4n) is 2.15. The third kappa shape index (κ3) is 4.99. The summed E-state index contributed by atoms with van der Waals surface area (Å²) in [6.07, 6.45) is 5.22. The lowest BCUT2D eigenvalue weighted by molar-refractivity contribution is 0.317. The van der Waals surface area contributed by atoms with E-state index in [1.807, 2.05) is 0 Å². The van der Waals surface area contributed by atoms with Crippen molar-refractivity contribution in [3.05, 3.63) is 0 Å². The minimum absolute atomic E-state index is 0. The molecule has 0 aromatic carbocycles. The summed E-state index contributed by atoms with van der Waals surface area (Å²) >= 11 is 0. The molecule has 0 bridgehead atoms. The van der Waals surface area contributed by atoms with Gasteiger partial charge < -0.3 is 15.5 Å². The van der Waals surface area contributed by atoms with Crippen LogP contribution in [0, 0.1) is 0 Å². The summed E-state index contributed by atoms with van der Waals surface area (Å²) in [6, 6.07) is 1.33. The number of halogens is 1. The van der Waals surface area contributed by atoms with Gasteiger partial charge in [0.15, 0.2) is 5.96 Å². The Kier molecular flexibility index (Phi) is 6.54. The first-order valence-electron chi connectivity index (χ1n) is 6.54. The Morgan fingerprint density at radius 1 is 1.35 bits per heavy atom. The highest BCUT2D eigenvalue weighted by molar-refractivity contribution is 14.0. The average molecular weight is 352 g/mol. The van der Waals surface area contributed by atoms with Gasteiger partial charge in [0.05, 0.1) is 6.54 Å². The predicted molar refractivity (Wildman–Crippen MR) is 83.2 cm³/mol. The minimum atomic E-state index is 0. The second-order valence-electron chi connectivity index (χ2n) is 4.91. The van der Waals surface area contributed by atoms with Crippen molar-refractivity contribution in [2.75, 3.05) is 26.7 Å².